The number of para-hydroxylation sites is 1. The number of amides is 1. The summed E-state index contributed by atoms with van der Waals surface area (Å²) in [7, 11) is 0. The second-order valence-corrected chi connectivity index (χ2v) is 6.26. The zero-order valence-corrected chi connectivity index (χ0v) is 15.1. The number of nitrogens with one attached hydrogen (secondary N) is 2. The molecule has 1 amide bonds. The van der Waals surface area contributed by atoms with Gasteiger partial charge in [0.1, 0.15) is 13.3 Å². The van der Waals surface area contributed by atoms with Crippen LogP contribution in [0.1, 0.15) is 10.4 Å². The number of fused-ring (bicyclic) bond motifs is 3. The van der Waals surface area contributed by atoms with E-state index < -0.39 is 18.5 Å². The molecule has 0 aliphatic carbocycles. The summed E-state index contributed by atoms with van der Waals surface area (Å²) in [6.45, 7) is -0.708. The number of aliphatic carboxylic acids is 1. The first-order valence-corrected chi connectivity index (χ1v) is 8.71. The van der Waals surface area contributed by atoms with Crippen molar-refractivity contribution in [3.63, 3.8) is 0 Å². The molecule has 0 atom stereocenters. The Bertz CT molecular complexity index is 1270. The van der Waals surface area contributed by atoms with Crippen molar-refractivity contribution in [2.45, 2.75) is 0 Å². The Morgan fingerprint density at radius 1 is 1.10 bits per heavy atom. The number of rotatable bonds is 6. The molecule has 0 fully saturated rings. The average molecular weight is 392 g/mol. The molecule has 0 saturated carbocycles. The molecular weight excluding hydrogens is 376 g/mol. The lowest BCUT2D eigenvalue weighted by Gasteiger charge is -2.06. The average Bonchev–Trinajstić information content (AvgIpc) is 3.08. The molecule has 0 bridgehead atoms. The number of pyridine rings is 1. The summed E-state index contributed by atoms with van der Waals surface area (Å²) in [5, 5.41) is 15.4. The molecule has 146 valence electrons. The monoisotopic (exact) mass is 392 g/mol. The van der Waals surface area contributed by atoms with Crippen LogP contribution >= 0.6 is 0 Å². The minimum atomic E-state index is -1.12. The van der Waals surface area contributed by atoms with Gasteiger partial charge in [0.15, 0.2) is 0 Å². The van der Waals surface area contributed by atoms with Gasteiger partial charge in [0, 0.05) is 17.1 Å². The number of carboxylic acid groups (broad SMARTS) is 1. The molecule has 9 nitrogen and oxygen atoms in total. The largest absolute Gasteiger partial charge is 0.480 e. The summed E-state index contributed by atoms with van der Waals surface area (Å²) in [6, 6.07) is 13.9. The molecule has 3 N–H and O–H groups in total. The molecule has 0 saturated heterocycles. The van der Waals surface area contributed by atoms with E-state index >= 15 is 0 Å². The first kappa shape index (κ1) is 18.4. The smallest absolute Gasteiger partial charge is 0.329 e. The van der Waals surface area contributed by atoms with Crippen LogP contribution in [0, 0.1) is 0 Å². The molecule has 0 spiro atoms. The fourth-order valence-electron chi connectivity index (χ4n) is 3.01. The van der Waals surface area contributed by atoms with Gasteiger partial charge in [-0.1, -0.05) is 18.2 Å². The van der Waals surface area contributed by atoms with Gasteiger partial charge in [-0.15, -0.1) is 0 Å². The van der Waals surface area contributed by atoms with E-state index in [4.69, 9.17) is 9.84 Å². The Labute approximate surface area is 163 Å². The summed E-state index contributed by atoms with van der Waals surface area (Å²) in [5.41, 5.74) is 2.15. The van der Waals surface area contributed by atoms with E-state index in [9.17, 15) is 14.4 Å². The summed E-state index contributed by atoms with van der Waals surface area (Å²) in [4.78, 5) is 39.5. The quantitative estimate of drug-likeness (QED) is 0.338. The highest BCUT2D eigenvalue weighted by atomic mass is 16.5. The first-order chi connectivity index (χ1) is 14.0. The minimum absolute atomic E-state index is 0.214. The standard InChI is InChI=1S/C20H16N4O5/c25-17(26)10-29-11-22-19(27)12-5-7-13(8-6-12)24-20(28)15-9-21-16-4-2-1-3-14(16)18(15)23-24/h1-9,23H,10-11H2,(H,22,27)(H,25,26). The van der Waals surface area contributed by atoms with Crippen molar-refractivity contribution in [3.05, 3.63) is 70.6 Å². The number of hydrogen-bond acceptors (Lipinski definition) is 5. The third kappa shape index (κ3) is 3.58. The van der Waals surface area contributed by atoms with E-state index in [1.807, 2.05) is 24.3 Å². The van der Waals surface area contributed by atoms with Gasteiger partial charge in [0.05, 0.1) is 22.1 Å². The van der Waals surface area contributed by atoms with Crippen LogP contribution in [0.5, 0.6) is 0 Å². The molecule has 0 unspecified atom stereocenters. The fraction of sp³-hybridized carbons (Fsp3) is 0.100. The van der Waals surface area contributed by atoms with Gasteiger partial charge in [-0.05, 0) is 30.3 Å². The Balaban J connectivity index is 1.59. The zero-order valence-electron chi connectivity index (χ0n) is 15.1. The third-order valence-corrected chi connectivity index (χ3v) is 4.38. The van der Waals surface area contributed by atoms with Gasteiger partial charge in [0.2, 0.25) is 0 Å². The summed E-state index contributed by atoms with van der Waals surface area (Å²) in [6.07, 6.45) is 1.55. The topological polar surface area (TPSA) is 126 Å². The predicted octanol–water partition coefficient (Wildman–Crippen LogP) is 1.66. The van der Waals surface area contributed by atoms with Crippen LogP contribution in [0.15, 0.2) is 59.5 Å². The number of carbonyl (C=O) groups excluding carboxylic acids is 1. The lowest BCUT2D eigenvalue weighted by Crippen LogP contribution is -2.27. The predicted molar refractivity (Wildman–Crippen MR) is 105 cm³/mol. The van der Waals surface area contributed by atoms with Crippen molar-refractivity contribution in [2.75, 3.05) is 13.3 Å². The summed E-state index contributed by atoms with van der Waals surface area (Å²) >= 11 is 0. The van der Waals surface area contributed by atoms with E-state index in [1.54, 1.807) is 30.5 Å². The van der Waals surface area contributed by atoms with Gasteiger partial charge >= 0.3 is 5.97 Å². The molecule has 0 aliphatic rings. The lowest BCUT2D eigenvalue weighted by molar-refractivity contribution is -0.142. The van der Waals surface area contributed by atoms with Crippen molar-refractivity contribution < 1.29 is 19.4 Å². The van der Waals surface area contributed by atoms with Crippen molar-refractivity contribution >= 4 is 33.7 Å². The molecule has 4 rings (SSSR count). The van der Waals surface area contributed by atoms with E-state index in [2.05, 4.69) is 15.4 Å². The van der Waals surface area contributed by atoms with Gasteiger partial charge in [-0.25, -0.2) is 9.48 Å². The maximum Gasteiger partial charge on any atom is 0.329 e. The molecule has 29 heavy (non-hydrogen) atoms. The number of aromatic nitrogens is 3. The molecule has 2 aromatic carbocycles. The molecular formula is C20H16N4O5. The van der Waals surface area contributed by atoms with E-state index in [-0.39, 0.29) is 12.3 Å². The van der Waals surface area contributed by atoms with Crippen LogP contribution in [0.4, 0.5) is 0 Å². The molecule has 2 heterocycles. The maximum atomic E-state index is 12.8. The van der Waals surface area contributed by atoms with Crippen LogP contribution in [0.25, 0.3) is 27.5 Å². The van der Waals surface area contributed by atoms with Crippen molar-refractivity contribution in [2.24, 2.45) is 0 Å². The highest BCUT2D eigenvalue weighted by Gasteiger charge is 2.12. The van der Waals surface area contributed by atoms with Crippen LogP contribution < -0.4 is 10.9 Å². The number of hydrogen-bond donors (Lipinski definition) is 3. The van der Waals surface area contributed by atoms with Crippen LogP contribution in [0.2, 0.25) is 0 Å². The molecule has 4 aromatic rings. The zero-order chi connectivity index (χ0) is 20.4. The SMILES string of the molecule is O=C(O)COCNC(=O)c1ccc(-n2[nH]c3c(cnc4ccccc43)c2=O)cc1. The van der Waals surface area contributed by atoms with Gasteiger partial charge in [0.25, 0.3) is 11.5 Å². The van der Waals surface area contributed by atoms with Crippen LogP contribution in [-0.2, 0) is 9.53 Å². The number of nitrogens with zero attached hydrogens (tertiary/aromatic N) is 2. The summed E-state index contributed by atoms with van der Waals surface area (Å²) < 4.78 is 6.18. The Hall–Kier alpha value is -3.98. The highest BCUT2D eigenvalue weighted by molar-refractivity contribution is 6.02. The van der Waals surface area contributed by atoms with Gasteiger partial charge < -0.3 is 15.2 Å². The number of ether oxygens (including phenoxy) is 1. The Kier molecular flexibility index (Phi) is 4.80. The Morgan fingerprint density at radius 2 is 1.86 bits per heavy atom. The van der Waals surface area contributed by atoms with E-state index in [1.165, 1.54) is 4.68 Å². The second-order valence-electron chi connectivity index (χ2n) is 6.26. The Morgan fingerprint density at radius 3 is 2.62 bits per heavy atom. The first-order valence-electron chi connectivity index (χ1n) is 8.71. The fourth-order valence-corrected chi connectivity index (χ4v) is 3.01. The van der Waals surface area contributed by atoms with Crippen LogP contribution in [0.3, 0.4) is 0 Å². The van der Waals surface area contributed by atoms with Crippen molar-refractivity contribution in [1.82, 2.24) is 20.1 Å². The third-order valence-electron chi connectivity index (χ3n) is 4.38. The number of benzene rings is 2. The van der Waals surface area contributed by atoms with E-state index in [0.717, 1.165) is 10.9 Å². The maximum absolute atomic E-state index is 12.8. The van der Waals surface area contributed by atoms with E-state index in [0.29, 0.717) is 22.2 Å². The molecule has 0 aliphatic heterocycles. The van der Waals surface area contributed by atoms with Gasteiger partial charge in [-0.2, -0.15) is 0 Å². The minimum Gasteiger partial charge on any atom is -0.480 e. The number of aromatic amines is 1. The molecule has 0 radical (unpaired) electrons. The molecule has 9 heteroatoms. The molecule has 2 aromatic heterocycles. The number of H-pyrrole nitrogens is 1. The summed E-state index contributed by atoms with van der Waals surface area (Å²) in [5.74, 6) is -1.53. The lowest BCUT2D eigenvalue weighted by atomic mass is 10.2. The number of carbonyl (C=O) groups is 2. The normalized spacial score (nSPS) is 11.0. The van der Waals surface area contributed by atoms with Crippen LogP contribution in [-0.4, -0.2) is 45.1 Å². The van der Waals surface area contributed by atoms with Gasteiger partial charge in [-0.3, -0.25) is 19.7 Å². The van der Waals surface area contributed by atoms with Crippen molar-refractivity contribution in [1.29, 1.82) is 0 Å². The second kappa shape index (κ2) is 7.56. The highest BCUT2D eigenvalue weighted by Crippen LogP contribution is 2.20. The number of carboxylic acids is 1. The van der Waals surface area contributed by atoms with Crippen molar-refractivity contribution in [3.8, 4) is 5.69 Å².